The van der Waals surface area contributed by atoms with Crippen molar-refractivity contribution in [2.24, 2.45) is 17.3 Å². The van der Waals surface area contributed by atoms with Crippen LogP contribution in [-0.2, 0) is 14.4 Å². The number of carbonyl (C=O) groups is 3. The Labute approximate surface area is 119 Å². The second-order valence-corrected chi connectivity index (χ2v) is 6.50. The molecule has 1 fully saturated rings. The number of hydrogen-bond donors (Lipinski definition) is 2. The maximum absolute atomic E-state index is 12.0. The largest absolute Gasteiger partial charge is 0.481 e. The molecular formula is C14H24N2O4. The van der Waals surface area contributed by atoms with E-state index in [0.717, 1.165) is 0 Å². The fourth-order valence-corrected chi connectivity index (χ4v) is 2.09. The van der Waals surface area contributed by atoms with Crippen molar-refractivity contribution in [2.75, 3.05) is 19.6 Å². The van der Waals surface area contributed by atoms with E-state index in [1.165, 1.54) is 0 Å². The van der Waals surface area contributed by atoms with Crippen LogP contribution >= 0.6 is 0 Å². The van der Waals surface area contributed by atoms with Gasteiger partial charge in [0, 0.05) is 26.1 Å². The van der Waals surface area contributed by atoms with Gasteiger partial charge in [-0.1, -0.05) is 13.8 Å². The molecule has 1 heterocycles. The zero-order chi connectivity index (χ0) is 15.5. The zero-order valence-corrected chi connectivity index (χ0v) is 12.6. The molecule has 0 aromatic carbocycles. The van der Waals surface area contributed by atoms with Gasteiger partial charge in [-0.05, 0) is 19.8 Å². The van der Waals surface area contributed by atoms with Crippen LogP contribution in [0.5, 0.6) is 0 Å². The number of likely N-dealkylation sites (tertiary alicyclic amines) is 1. The van der Waals surface area contributed by atoms with E-state index in [2.05, 4.69) is 5.32 Å². The topological polar surface area (TPSA) is 86.7 Å². The lowest BCUT2D eigenvalue weighted by Crippen LogP contribution is -2.42. The number of rotatable bonds is 6. The zero-order valence-electron chi connectivity index (χ0n) is 12.6. The highest BCUT2D eigenvalue weighted by Crippen LogP contribution is 2.20. The minimum atomic E-state index is -1.00. The average Bonchev–Trinajstić information content (AvgIpc) is 2.67. The highest BCUT2D eigenvalue weighted by Gasteiger charge is 2.35. The molecule has 2 amide bonds. The van der Waals surface area contributed by atoms with Crippen LogP contribution in [0.15, 0.2) is 0 Å². The summed E-state index contributed by atoms with van der Waals surface area (Å²) in [5.74, 6) is -1.20. The van der Waals surface area contributed by atoms with Crippen LogP contribution in [0, 0.1) is 17.3 Å². The Balaban J connectivity index is 2.50. The maximum Gasteiger partial charge on any atom is 0.310 e. The molecule has 0 radical (unpaired) electrons. The third-order valence-corrected chi connectivity index (χ3v) is 3.45. The number of aliphatic carboxylic acids is 1. The summed E-state index contributed by atoms with van der Waals surface area (Å²) in [4.78, 5) is 36.5. The fraction of sp³-hybridized carbons (Fsp3) is 0.786. The molecule has 114 valence electrons. The highest BCUT2D eigenvalue weighted by atomic mass is 16.4. The van der Waals surface area contributed by atoms with Crippen molar-refractivity contribution in [1.29, 1.82) is 0 Å². The Morgan fingerprint density at radius 2 is 2.05 bits per heavy atom. The van der Waals surface area contributed by atoms with Gasteiger partial charge >= 0.3 is 5.97 Å². The molecule has 1 aliphatic heterocycles. The lowest BCUT2D eigenvalue weighted by molar-refractivity contribution is -0.147. The first-order chi connectivity index (χ1) is 9.13. The molecular weight excluding hydrogens is 260 g/mol. The molecule has 1 rings (SSSR count). The van der Waals surface area contributed by atoms with Gasteiger partial charge in [0.2, 0.25) is 11.8 Å². The van der Waals surface area contributed by atoms with Gasteiger partial charge in [0.1, 0.15) is 0 Å². The average molecular weight is 284 g/mol. The minimum absolute atomic E-state index is 0.00338. The SMILES string of the molecule is CC(C)CN1CC(C(=O)NCC(C)(C)C(=O)O)CC1=O. The number of nitrogens with zero attached hydrogens (tertiary/aromatic N) is 1. The number of carboxylic acid groups (broad SMARTS) is 1. The summed E-state index contributed by atoms with van der Waals surface area (Å²) in [5.41, 5.74) is -1.00. The van der Waals surface area contributed by atoms with Crippen LogP contribution in [0.3, 0.4) is 0 Å². The van der Waals surface area contributed by atoms with Crippen LogP contribution in [0.2, 0.25) is 0 Å². The maximum atomic E-state index is 12.0. The van der Waals surface area contributed by atoms with Gasteiger partial charge in [0.05, 0.1) is 11.3 Å². The Morgan fingerprint density at radius 3 is 2.55 bits per heavy atom. The second-order valence-electron chi connectivity index (χ2n) is 6.50. The summed E-state index contributed by atoms with van der Waals surface area (Å²) in [6.07, 6.45) is 0.214. The molecule has 0 aromatic rings. The van der Waals surface area contributed by atoms with E-state index in [1.807, 2.05) is 13.8 Å². The van der Waals surface area contributed by atoms with E-state index in [-0.39, 0.29) is 30.7 Å². The first-order valence-electron chi connectivity index (χ1n) is 6.92. The molecule has 1 aliphatic rings. The number of carbonyl (C=O) groups excluding carboxylic acids is 2. The van der Waals surface area contributed by atoms with E-state index >= 15 is 0 Å². The van der Waals surface area contributed by atoms with Crippen molar-refractivity contribution in [3.05, 3.63) is 0 Å². The molecule has 0 bridgehead atoms. The van der Waals surface area contributed by atoms with E-state index in [0.29, 0.717) is 19.0 Å². The number of nitrogens with one attached hydrogen (secondary N) is 1. The molecule has 1 atom stereocenters. The quantitative estimate of drug-likeness (QED) is 0.752. The van der Waals surface area contributed by atoms with E-state index in [9.17, 15) is 14.4 Å². The van der Waals surface area contributed by atoms with Crippen molar-refractivity contribution < 1.29 is 19.5 Å². The Bertz CT molecular complexity index is 404. The Hall–Kier alpha value is -1.59. The normalized spacial score (nSPS) is 19.6. The predicted octanol–water partition coefficient (Wildman–Crippen LogP) is 0.718. The number of carboxylic acids is 1. The standard InChI is InChI=1S/C14H24N2O4/c1-9(2)6-16-7-10(5-11(16)17)12(18)15-8-14(3,4)13(19)20/h9-10H,5-8H2,1-4H3,(H,15,18)(H,19,20). The lowest BCUT2D eigenvalue weighted by Gasteiger charge is -2.21. The van der Waals surface area contributed by atoms with Gasteiger partial charge in [0.25, 0.3) is 0 Å². The summed E-state index contributed by atoms with van der Waals surface area (Å²) < 4.78 is 0. The molecule has 20 heavy (non-hydrogen) atoms. The van der Waals surface area contributed by atoms with Crippen molar-refractivity contribution in [3.8, 4) is 0 Å². The molecule has 1 saturated heterocycles. The van der Waals surface area contributed by atoms with Crippen molar-refractivity contribution in [1.82, 2.24) is 10.2 Å². The molecule has 0 spiro atoms. The van der Waals surface area contributed by atoms with Gasteiger partial charge in [-0.25, -0.2) is 0 Å². The summed E-state index contributed by atoms with van der Waals surface area (Å²) >= 11 is 0. The van der Waals surface area contributed by atoms with Crippen molar-refractivity contribution in [3.63, 3.8) is 0 Å². The lowest BCUT2D eigenvalue weighted by atomic mass is 9.93. The Morgan fingerprint density at radius 1 is 1.45 bits per heavy atom. The fourth-order valence-electron chi connectivity index (χ4n) is 2.09. The molecule has 0 saturated carbocycles. The number of hydrogen-bond acceptors (Lipinski definition) is 3. The summed E-state index contributed by atoms with van der Waals surface area (Å²) in [6.45, 7) is 8.31. The van der Waals surface area contributed by atoms with Crippen LogP contribution in [-0.4, -0.2) is 47.4 Å². The number of amides is 2. The van der Waals surface area contributed by atoms with Crippen LogP contribution in [0.25, 0.3) is 0 Å². The van der Waals surface area contributed by atoms with Crippen LogP contribution < -0.4 is 5.32 Å². The minimum Gasteiger partial charge on any atom is -0.481 e. The van der Waals surface area contributed by atoms with Crippen molar-refractivity contribution >= 4 is 17.8 Å². The van der Waals surface area contributed by atoms with Gasteiger partial charge in [-0.2, -0.15) is 0 Å². The van der Waals surface area contributed by atoms with Crippen LogP contribution in [0.4, 0.5) is 0 Å². The van der Waals surface area contributed by atoms with Gasteiger partial charge in [0.15, 0.2) is 0 Å². The Kier molecular flexibility index (Phi) is 5.14. The monoisotopic (exact) mass is 284 g/mol. The molecule has 6 nitrogen and oxygen atoms in total. The smallest absolute Gasteiger partial charge is 0.310 e. The third kappa shape index (κ3) is 4.21. The van der Waals surface area contributed by atoms with Gasteiger partial charge in [-0.3, -0.25) is 14.4 Å². The summed E-state index contributed by atoms with van der Waals surface area (Å²) in [7, 11) is 0. The molecule has 0 aromatic heterocycles. The molecule has 2 N–H and O–H groups in total. The van der Waals surface area contributed by atoms with Gasteiger partial charge < -0.3 is 15.3 Å². The van der Waals surface area contributed by atoms with Crippen molar-refractivity contribution in [2.45, 2.75) is 34.1 Å². The van der Waals surface area contributed by atoms with E-state index in [1.54, 1.807) is 18.7 Å². The van der Waals surface area contributed by atoms with E-state index in [4.69, 9.17) is 5.11 Å². The summed E-state index contributed by atoms with van der Waals surface area (Å²) in [5, 5.41) is 11.6. The predicted molar refractivity (Wildman–Crippen MR) is 74.0 cm³/mol. The molecule has 1 unspecified atom stereocenters. The first-order valence-corrected chi connectivity index (χ1v) is 6.92. The van der Waals surface area contributed by atoms with Gasteiger partial charge in [-0.15, -0.1) is 0 Å². The summed E-state index contributed by atoms with van der Waals surface area (Å²) in [6, 6.07) is 0. The first kappa shape index (κ1) is 16.5. The second kappa shape index (κ2) is 6.24. The third-order valence-electron chi connectivity index (χ3n) is 3.45. The highest BCUT2D eigenvalue weighted by molar-refractivity contribution is 5.89. The molecule has 0 aliphatic carbocycles. The molecule has 6 heteroatoms. The van der Waals surface area contributed by atoms with Crippen LogP contribution in [0.1, 0.15) is 34.1 Å². The van der Waals surface area contributed by atoms with E-state index < -0.39 is 11.4 Å².